The summed E-state index contributed by atoms with van der Waals surface area (Å²) in [6.45, 7) is 3.74. The van der Waals surface area contributed by atoms with Gasteiger partial charge in [-0.1, -0.05) is 35.0 Å². The van der Waals surface area contributed by atoms with Gasteiger partial charge in [0, 0.05) is 24.0 Å². The Kier molecular flexibility index (Phi) is 6.24. The van der Waals surface area contributed by atoms with Gasteiger partial charge in [0.2, 0.25) is 0 Å². The SMILES string of the molecule is CC(=NOc1cc(NC=C(C#N)C#N)cc([N+](=O)[O-])c1)c1ccc(C)cc1. The van der Waals surface area contributed by atoms with E-state index in [1.807, 2.05) is 31.2 Å². The largest absolute Gasteiger partial charge is 0.360 e. The highest BCUT2D eigenvalue weighted by atomic mass is 16.6. The van der Waals surface area contributed by atoms with Gasteiger partial charge in [0.05, 0.1) is 16.7 Å². The van der Waals surface area contributed by atoms with E-state index in [0.29, 0.717) is 5.71 Å². The van der Waals surface area contributed by atoms with E-state index in [1.165, 1.54) is 18.2 Å². The van der Waals surface area contributed by atoms with Crippen LogP contribution in [0.2, 0.25) is 0 Å². The number of nitrogens with zero attached hydrogens (tertiary/aromatic N) is 4. The van der Waals surface area contributed by atoms with E-state index in [-0.39, 0.29) is 22.7 Å². The molecule has 134 valence electrons. The summed E-state index contributed by atoms with van der Waals surface area (Å²) in [6, 6.07) is 15.0. The summed E-state index contributed by atoms with van der Waals surface area (Å²) in [5, 5.41) is 35.3. The summed E-state index contributed by atoms with van der Waals surface area (Å²) in [7, 11) is 0. The number of nitrogens with one attached hydrogen (secondary N) is 1. The Morgan fingerprint density at radius 3 is 2.48 bits per heavy atom. The fourth-order valence-corrected chi connectivity index (χ4v) is 2.04. The molecule has 0 amide bonds. The number of rotatable bonds is 6. The lowest BCUT2D eigenvalue weighted by Crippen LogP contribution is -1.99. The van der Waals surface area contributed by atoms with Crippen molar-refractivity contribution < 1.29 is 9.76 Å². The van der Waals surface area contributed by atoms with Crippen LogP contribution in [0.1, 0.15) is 18.1 Å². The van der Waals surface area contributed by atoms with Gasteiger partial charge in [-0.2, -0.15) is 10.5 Å². The van der Waals surface area contributed by atoms with Gasteiger partial charge in [-0.25, -0.2) is 0 Å². The molecule has 0 bridgehead atoms. The number of oxime groups is 1. The lowest BCUT2D eigenvalue weighted by molar-refractivity contribution is -0.384. The number of nitro benzene ring substituents is 1. The molecular weight excluding hydrogens is 346 g/mol. The zero-order valence-corrected chi connectivity index (χ0v) is 14.6. The van der Waals surface area contributed by atoms with Gasteiger partial charge in [0.15, 0.2) is 5.75 Å². The maximum Gasteiger partial charge on any atom is 0.275 e. The van der Waals surface area contributed by atoms with Crippen molar-refractivity contribution in [2.75, 3.05) is 5.32 Å². The van der Waals surface area contributed by atoms with Gasteiger partial charge in [-0.15, -0.1) is 0 Å². The van der Waals surface area contributed by atoms with E-state index >= 15 is 0 Å². The second kappa shape index (κ2) is 8.79. The van der Waals surface area contributed by atoms with Crippen molar-refractivity contribution in [3.05, 3.63) is 75.5 Å². The maximum atomic E-state index is 11.1. The molecule has 1 N–H and O–H groups in total. The van der Waals surface area contributed by atoms with Crippen molar-refractivity contribution in [1.82, 2.24) is 0 Å². The second-order valence-electron chi connectivity index (χ2n) is 5.53. The van der Waals surface area contributed by atoms with Crippen molar-refractivity contribution >= 4 is 17.1 Å². The van der Waals surface area contributed by atoms with Crippen LogP contribution in [0.25, 0.3) is 0 Å². The van der Waals surface area contributed by atoms with E-state index in [1.54, 1.807) is 19.1 Å². The minimum absolute atomic E-state index is 0.141. The molecule has 8 heteroatoms. The van der Waals surface area contributed by atoms with Crippen LogP contribution in [0, 0.1) is 39.7 Å². The van der Waals surface area contributed by atoms with Gasteiger partial charge in [0.1, 0.15) is 17.7 Å². The van der Waals surface area contributed by atoms with Crippen molar-refractivity contribution in [2.45, 2.75) is 13.8 Å². The molecule has 0 radical (unpaired) electrons. The van der Waals surface area contributed by atoms with E-state index in [0.717, 1.165) is 17.3 Å². The first-order valence-corrected chi connectivity index (χ1v) is 7.78. The van der Waals surface area contributed by atoms with Crippen molar-refractivity contribution in [1.29, 1.82) is 10.5 Å². The van der Waals surface area contributed by atoms with E-state index < -0.39 is 4.92 Å². The van der Waals surface area contributed by atoms with Crippen LogP contribution in [-0.2, 0) is 0 Å². The van der Waals surface area contributed by atoms with Crippen molar-refractivity contribution in [3.63, 3.8) is 0 Å². The monoisotopic (exact) mass is 361 g/mol. The average Bonchev–Trinajstić information content (AvgIpc) is 2.67. The zero-order valence-electron chi connectivity index (χ0n) is 14.6. The molecule has 0 saturated heterocycles. The number of nitro groups is 1. The number of benzene rings is 2. The highest BCUT2D eigenvalue weighted by molar-refractivity contribution is 5.98. The van der Waals surface area contributed by atoms with Gasteiger partial charge in [-0.05, 0) is 19.4 Å². The second-order valence-corrected chi connectivity index (χ2v) is 5.53. The van der Waals surface area contributed by atoms with E-state index in [2.05, 4.69) is 10.5 Å². The summed E-state index contributed by atoms with van der Waals surface area (Å²) in [5.74, 6) is 0.141. The average molecular weight is 361 g/mol. The molecular formula is C19H15N5O3. The molecule has 2 aromatic carbocycles. The molecule has 0 spiro atoms. The van der Waals surface area contributed by atoms with Crippen molar-refractivity contribution in [3.8, 4) is 17.9 Å². The summed E-state index contributed by atoms with van der Waals surface area (Å²) >= 11 is 0. The molecule has 2 aromatic rings. The highest BCUT2D eigenvalue weighted by Crippen LogP contribution is 2.26. The lowest BCUT2D eigenvalue weighted by Gasteiger charge is -2.06. The quantitative estimate of drug-likeness (QED) is 0.358. The maximum absolute atomic E-state index is 11.1. The molecule has 27 heavy (non-hydrogen) atoms. The van der Waals surface area contributed by atoms with Gasteiger partial charge in [-0.3, -0.25) is 10.1 Å². The number of non-ortho nitro benzene ring substituents is 1. The van der Waals surface area contributed by atoms with Crippen LogP contribution >= 0.6 is 0 Å². The van der Waals surface area contributed by atoms with E-state index in [9.17, 15) is 10.1 Å². The Morgan fingerprint density at radius 2 is 1.89 bits per heavy atom. The molecule has 0 aromatic heterocycles. The normalized spacial score (nSPS) is 10.3. The van der Waals surface area contributed by atoms with Crippen LogP contribution in [0.3, 0.4) is 0 Å². The third-order valence-electron chi connectivity index (χ3n) is 3.48. The first-order valence-electron chi connectivity index (χ1n) is 7.78. The number of aryl methyl sites for hydroxylation is 1. The number of nitriles is 2. The molecule has 8 nitrogen and oxygen atoms in total. The fraction of sp³-hybridized carbons (Fsp3) is 0.105. The first-order chi connectivity index (χ1) is 12.9. The Morgan fingerprint density at radius 1 is 1.22 bits per heavy atom. The summed E-state index contributed by atoms with van der Waals surface area (Å²) in [4.78, 5) is 15.9. The summed E-state index contributed by atoms with van der Waals surface area (Å²) in [6.07, 6.45) is 1.16. The predicted molar refractivity (Wildman–Crippen MR) is 100 cm³/mol. The number of hydrogen-bond donors (Lipinski definition) is 1. The standard InChI is InChI=1S/C19H15N5O3/c1-13-3-5-16(6-4-13)14(2)23-27-19-8-17(7-18(9-19)24(25)26)22-12-15(10-20)11-21/h3-9,12,22H,1-2H3. The Balaban J connectivity index is 2.27. The lowest BCUT2D eigenvalue weighted by atomic mass is 10.1. The Bertz CT molecular complexity index is 979. The van der Waals surface area contributed by atoms with E-state index in [4.69, 9.17) is 15.4 Å². The number of anilines is 1. The minimum atomic E-state index is -0.576. The molecule has 2 rings (SSSR count). The summed E-state index contributed by atoms with van der Waals surface area (Å²) in [5.41, 5.74) is 2.47. The molecule has 0 aliphatic rings. The highest BCUT2D eigenvalue weighted by Gasteiger charge is 2.11. The third-order valence-corrected chi connectivity index (χ3v) is 3.48. The molecule has 0 atom stereocenters. The van der Waals surface area contributed by atoms with Gasteiger partial charge < -0.3 is 10.2 Å². The minimum Gasteiger partial charge on any atom is -0.360 e. The Hall–Kier alpha value is -4.17. The molecule has 0 saturated carbocycles. The fourth-order valence-electron chi connectivity index (χ4n) is 2.04. The molecule has 0 fully saturated rings. The van der Waals surface area contributed by atoms with Crippen LogP contribution in [-0.4, -0.2) is 10.6 Å². The third kappa shape index (κ3) is 5.41. The van der Waals surface area contributed by atoms with Crippen LogP contribution in [0.4, 0.5) is 11.4 Å². The van der Waals surface area contributed by atoms with Crippen LogP contribution in [0.15, 0.2) is 59.4 Å². The van der Waals surface area contributed by atoms with Gasteiger partial charge in [0.25, 0.3) is 5.69 Å². The summed E-state index contributed by atoms with van der Waals surface area (Å²) < 4.78 is 0. The Labute approximate surface area is 155 Å². The molecule has 0 aliphatic heterocycles. The number of hydrogen-bond acceptors (Lipinski definition) is 7. The molecule has 0 aliphatic carbocycles. The molecule has 0 unspecified atom stereocenters. The molecule has 0 heterocycles. The first kappa shape index (κ1) is 19.2. The van der Waals surface area contributed by atoms with Gasteiger partial charge >= 0.3 is 0 Å². The van der Waals surface area contributed by atoms with Crippen LogP contribution in [0.5, 0.6) is 5.75 Å². The smallest absolute Gasteiger partial charge is 0.275 e. The van der Waals surface area contributed by atoms with Crippen LogP contribution < -0.4 is 10.2 Å². The zero-order chi connectivity index (χ0) is 19.8. The predicted octanol–water partition coefficient (Wildman–Crippen LogP) is 4.05. The van der Waals surface area contributed by atoms with Crippen molar-refractivity contribution in [2.24, 2.45) is 5.16 Å². The number of allylic oxidation sites excluding steroid dienone is 1. The topological polar surface area (TPSA) is 124 Å².